The molecule has 1 saturated heterocycles. The van der Waals surface area contributed by atoms with E-state index in [4.69, 9.17) is 0 Å². The number of hydrogen-bond donors (Lipinski definition) is 1. The van der Waals surface area contributed by atoms with Crippen LogP contribution in [0.3, 0.4) is 0 Å². The molecule has 2 rings (SSSR count). The van der Waals surface area contributed by atoms with Gasteiger partial charge in [0, 0.05) is 30.9 Å². The molecule has 21 heavy (non-hydrogen) atoms. The van der Waals surface area contributed by atoms with Gasteiger partial charge in [-0.15, -0.1) is 0 Å². The van der Waals surface area contributed by atoms with Gasteiger partial charge < -0.3 is 10.2 Å². The largest absolute Gasteiger partial charge is 0.416 e. The second-order valence-corrected chi connectivity index (χ2v) is 6.88. The Morgan fingerprint density at radius 1 is 1.19 bits per heavy atom. The number of benzene rings is 1. The van der Waals surface area contributed by atoms with Crippen molar-refractivity contribution >= 4 is 5.69 Å². The number of nitrogens with one attached hydrogen (secondary N) is 1. The first-order valence-electron chi connectivity index (χ1n) is 7.26. The van der Waals surface area contributed by atoms with E-state index in [1.807, 2.05) is 6.92 Å². The summed E-state index contributed by atoms with van der Waals surface area (Å²) in [5.41, 5.74) is 0.131. The SMILES string of the molecule is CC1CNC(C(C)(C)C)CN1c1cccc(C(F)(F)F)c1. The fraction of sp³-hybridized carbons (Fsp3) is 0.625. The van der Waals surface area contributed by atoms with Crippen molar-refractivity contribution < 1.29 is 13.2 Å². The average Bonchev–Trinajstić information content (AvgIpc) is 2.37. The molecule has 0 spiro atoms. The van der Waals surface area contributed by atoms with Gasteiger partial charge in [-0.1, -0.05) is 26.8 Å². The van der Waals surface area contributed by atoms with Crippen LogP contribution < -0.4 is 10.2 Å². The van der Waals surface area contributed by atoms with Gasteiger partial charge in [-0.2, -0.15) is 13.2 Å². The Morgan fingerprint density at radius 2 is 1.86 bits per heavy atom. The summed E-state index contributed by atoms with van der Waals surface area (Å²) in [4.78, 5) is 2.07. The second-order valence-electron chi connectivity index (χ2n) is 6.88. The van der Waals surface area contributed by atoms with Crippen molar-refractivity contribution in [2.45, 2.75) is 46.0 Å². The predicted octanol–water partition coefficient (Wildman–Crippen LogP) is 3.92. The van der Waals surface area contributed by atoms with Crippen molar-refractivity contribution in [2.24, 2.45) is 5.41 Å². The normalized spacial score (nSPS) is 24.2. The van der Waals surface area contributed by atoms with Crippen molar-refractivity contribution in [2.75, 3.05) is 18.0 Å². The van der Waals surface area contributed by atoms with E-state index in [-0.39, 0.29) is 17.5 Å². The van der Waals surface area contributed by atoms with Crippen molar-refractivity contribution in [1.29, 1.82) is 0 Å². The highest BCUT2D eigenvalue weighted by Gasteiger charge is 2.34. The molecule has 2 nitrogen and oxygen atoms in total. The number of hydrogen-bond acceptors (Lipinski definition) is 2. The minimum absolute atomic E-state index is 0.0695. The summed E-state index contributed by atoms with van der Waals surface area (Å²) >= 11 is 0. The van der Waals surface area contributed by atoms with Gasteiger partial charge >= 0.3 is 6.18 Å². The summed E-state index contributed by atoms with van der Waals surface area (Å²) in [7, 11) is 0. The second kappa shape index (κ2) is 5.52. The Balaban J connectivity index is 2.27. The van der Waals surface area contributed by atoms with Crippen molar-refractivity contribution in [3.05, 3.63) is 29.8 Å². The van der Waals surface area contributed by atoms with E-state index in [1.165, 1.54) is 12.1 Å². The van der Waals surface area contributed by atoms with E-state index in [9.17, 15) is 13.2 Å². The van der Waals surface area contributed by atoms with Crippen molar-refractivity contribution in [3.63, 3.8) is 0 Å². The number of halogens is 3. The highest BCUT2D eigenvalue weighted by molar-refractivity contribution is 5.51. The van der Waals surface area contributed by atoms with Crippen LogP contribution in [0.15, 0.2) is 24.3 Å². The van der Waals surface area contributed by atoms with Crippen molar-refractivity contribution in [1.82, 2.24) is 5.32 Å². The molecule has 2 unspecified atom stereocenters. The van der Waals surface area contributed by atoms with Crippen LogP contribution in [0.4, 0.5) is 18.9 Å². The Morgan fingerprint density at radius 3 is 2.43 bits per heavy atom. The van der Waals surface area contributed by atoms with Crippen LogP contribution in [0, 0.1) is 5.41 Å². The molecule has 0 bridgehead atoms. The van der Waals surface area contributed by atoms with Gasteiger partial charge in [-0.05, 0) is 30.5 Å². The van der Waals surface area contributed by atoms with Gasteiger partial charge in [0.05, 0.1) is 5.56 Å². The number of rotatable bonds is 1. The zero-order chi connectivity index (χ0) is 15.8. The van der Waals surface area contributed by atoms with Crippen LogP contribution in [-0.4, -0.2) is 25.2 Å². The smallest absolute Gasteiger partial charge is 0.366 e. The van der Waals surface area contributed by atoms with Gasteiger partial charge in [0.2, 0.25) is 0 Å². The average molecular weight is 300 g/mol. The topological polar surface area (TPSA) is 15.3 Å². The molecule has 1 aliphatic heterocycles. The summed E-state index contributed by atoms with van der Waals surface area (Å²) in [5, 5.41) is 3.49. The molecule has 1 aromatic carbocycles. The molecule has 0 saturated carbocycles. The first-order chi connectivity index (χ1) is 9.59. The molecule has 0 aliphatic carbocycles. The van der Waals surface area contributed by atoms with Crippen LogP contribution in [0.2, 0.25) is 0 Å². The lowest BCUT2D eigenvalue weighted by atomic mass is 9.84. The molecule has 118 valence electrons. The van der Waals surface area contributed by atoms with Gasteiger partial charge in [0.1, 0.15) is 0 Å². The molecule has 1 fully saturated rings. The molecule has 0 radical (unpaired) electrons. The Kier molecular flexibility index (Phi) is 4.24. The fourth-order valence-electron chi connectivity index (χ4n) is 2.67. The number of alkyl halides is 3. The van der Waals surface area contributed by atoms with Gasteiger partial charge in [0.15, 0.2) is 0 Å². The van der Waals surface area contributed by atoms with E-state index in [2.05, 4.69) is 31.0 Å². The summed E-state index contributed by atoms with van der Waals surface area (Å²) in [6, 6.07) is 6.05. The third-order valence-electron chi connectivity index (χ3n) is 4.12. The monoisotopic (exact) mass is 300 g/mol. The lowest BCUT2D eigenvalue weighted by Gasteiger charge is -2.45. The molecule has 1 N–H and O–H groups in total. The fourth-order valence-corrected chi connectivity index (χ4v) is 2.67. The van der Waals surface area contributed by atoms with Gasteiger partial charge in [0.25, 0.3) is 0 Å². The third-order valence-corrected chi connectivity index (χ3v) is 4.12. The number of piperazine rings is 1. The number of anilines is 1. The maximum Gasteiger partial charge on any atom is 0.416 e. The van der Waals surface area contributed by atoms with Crippen LogP contribution in [0.1, 0.15) is 33.3 Å². The van der Waals surface area contributed by atoms with E-state index in [0.717, 1.165) is 12.6 Å². The van der Waals surface area contributed by atoms with E-state index < -0.39 is 11.7 Å². The Labute approximate surface area is 124 Å². The maximum absolute atomic E-state index is 12.9. The Hall–Kier alpha value is -1.23. The first-order valence-corrected chi connectivity index (χ1v) is 7.26. The predicted molar refractivity (Wildman–Crippen MR) is 79.5 cm³/mol. The van der Waals surface area contributed by atoms with E-state index >= 15 is 0 Å². The minimum Gasteiger partial charge on any atom is -0.366 e. The molecule has 0 aromatic heterocycles. The third kappa shape index (κ3) is 3.70. The van der Waals surface area contributed by atoms with E-state index in [0.29, 0.717) is 12.2 Å². The van der Waals surface area contributed by atoms with Crippen molar-refractivity contribution in [3.8, 4) is 0 Å². The summed E-state index contributed by atoms with van der Waals surface area (Å²) in [5.74, 6) is 0. The highest BCUT2D eigenvalue weighted by atomic mass is 19.4. The zero-order valence-corrected chi connectivity index (χ0v) is 13.0. The molecule has 0 amide bonds. The molecule has 2 atom stereocenters. The molecular formula is C16H23F3N2. The lowest BCUT2D eigenvalue weighted by molar-refractivity contribution is -0.137. The van der Waals surface area contributed by atoms with Gasteiger partial charge in [-0.25, -0.2) is 0 Å². The van der Waals surface area contributed by atoms with Crippen LogP contribution in [0.25, 0.3) is 0 Å². The maximum atomic E-state index is 12.9. The quantitative estimate of drug-likeness (QED) is 0.845. The summed E-state index contributed by atoms with van der Waals surface area (Å²) < 4.78 is 38.6. The standard InChI is InChI=1S/C16H23F3N2/c1-11-9-20-14(15(2,3)4)10-21(11)13-7-5-6-12(8-13)16(17,18)19/h5-8,11,14,20H,9-10H2,1-4H3. The Bertz CT molecular complexity index is 491. The molecule has 5 heteroatoms. The molecule has 1 heterocycles. The zero-order valence-electron chi connectivity index (χ0n) is 13.0. The van der Waals surface area contributed by atoms with Crippen LogP contribution in [0.5, 0.6) is 0 Å². The van der Waals surface area contributed by atoms with E-state index in [1.54, 1.807) is 6.07 Å². The minimum atomic E-state index is -4.29. The summed E-state index contributed by atoms with van der Waals surface area (Å²) in [6.07, 6.45) is -4.29. The van der Waals surface area contributed by atoms with Crippen LogP contribution in [-0.2, 0) is 6.18 Å². The molecule has 1 aliphatic rings. The van der Waals surface area contributed by atoms with Crippen LogP contribution >= 0.6 is 0 Å². The molecule has 1 aromatic rings. The summed E-state index contributed by atoms with van der Waals surface area (Å²) in [6.45, 7) is 9.96. The first kappa shape index (κ1) is 16.1. The highest BCUT2D eigenvalue weighted by Crippen LogP contribution is 2.33. The lowest BCUT2D eigenvalue weighted by Crippen LogP contribution is -2.59. The molecular weight excluding hydrogens is 277 g/mol. The van der Waals surface area contributed by atoms with Gasteiger partial charge in [-0.3, -0.25) is 0 Å². The number of nitrogens with zero attached hydrogens (tertiary/aromatic N) is 1.